The van der Waals surface area contributed by atoms with Gasteiger partial charge in [0.15, 0.2) is 0 Å². The molecule has 5 rings (SSSR count). The molecule has 0 radical (unpaired) electrons. The average Bonchev–Trinajstić information content (AvgIpc) is 3.12. The maximum Gasteiger partial charge on any atom is 0.244 e. The summed E-state index contributed by atoms with van der Waals surface area (Å²) in [6.07, 6.45) is 1.68. The summed E-state index contributed by atoms with van der Waals surface area (Å²) in [5, 5.41) is 0. The van der Waals surface area contributed by atoms with Crippen molar-refractivity contribution in [3.8, 4) is 23.7 Å². The van der Waals surface area contributed by atoms with Crippen molar-refractivity contribution in [2.24, 2.45) is 0 Å². The summed E-state index contributed by atoms with van der Waals surface area (Å²) in [5.74, 6) is 11.4. The molecule has 0 bridgehead atoms. The first-order valence-electron chi connectivity index (χ1n) is 14.9. The van der Waals surface area contributed by atoms with Crippen molar-refractivity contribution < 1.29 is 25.3 Å². The van der Waals surface area contributed by atoms with E-state index in [0.717, 1.165) is 4.31 Å². The van der Waals surface area contributed by atoms with E-state index < -0.39 is 30.1 Å². The van der Waals surface area contributed by atoms with Crippen LogP contribution in [-0.4, -0.2) is 77.4 Å². The summed E-state index contributed by atoms with van der Waals surface area (Å²) in [6.45, 7) is -1.29. The molecule has 0 N–H and O–H groups in total. The molecule has 1 aliphatic rings. The minimum absolute atomic E-state index is 0.0461. The van der Waals surface area contributed by atoms with Crippen molar-refractivity contribution in [1.29, 1.82) is 0 Å². The molecule has 0 fully saturated rings. The van der Waals surface area contributed by atoms with Gasteiger partial charge in [-0.1, -0.05) is 115 Å². The molecule has 0 aromatic heterocycles. The fraction of sp³-hybridized carbons (Fsp3) is 0.167. The first kappa shape index (κ1) is 34.8. The van der Waals surface area contributed by atoms with Crippen LogP contribution in [0.2, 0.25) is 0 Å². The Hall–Kier alpha value is -4.53. The molecule has 0 saturated carbocycles. The van der Waals surface area contributed by atoms with Crippen LogP contribution in [0.5, 0.6) is 0 Å². The van der Waals surface area contributed by atoms with Crippen LogP contribution in [0.25, 0.3) is 5.57 Å². The molecule has 1 aliphatic heterocycles. The molecule has 0 saturated heterocycles. The topological polar surface area (TPSA) is 112 Å². The number of benzene rings is 4. The van der Waals surface area contributed by atoms with Gasteiger partial charge in [-0.25, -0.2) is 25.3 Å². The lowest BCUT2D eigenvalue weighted by molar-refractivity contribution is 0.472. The molecular weight excluding hydrogens is 667 g/mol. The van der Waals surface area contributed by atoms with Crippen LogP contribution in [0.15, 0.2) is 142 Å². The average molecular weight is 700 g/mol. The number of nitrogens with zero attached hydrogens (tertiary/aromatic N) is 3. The predicted octanol–water partition coefficient (Wildman–Crippen LogP) is 4.16. The Morgan fingerprint density at radius 3 is 1.19 bits per heavy atom. The van der Waals surface area contributed by atoms with Crippen LogP contribution in [0.3, 0.4) is 0 Å². The molecule has 0 atom stereocenters. The Bertz CT molecular complexity index is 2190. The van der Waals surface area contributed by atoms with Crippen molar-refractivity contribution in [3.63, 3.8) is 0 Å². The van der Waals surface area contributed by atoms with Crippen molar-refractivity contribution in [2.45, 2.75) is 14.7 Å². The summed E-state index contributed by atoms with van der Waals surface area (Å²) in [5.41, 5.74) is 1.26. The van der Waals surface area contributed by atoms with Crippen LogP contribution in [0, 0.1) is 23.7 Å². The fourth-order valence-electron chi connectivity index (χ4n) is 4.83. The first-order chi connectivity index (χ1) is 23.1. The van der Waals surface area contributed by atoms with E-state index in [2.05, 4.69) is 23.7 Å². The van der Waals surface area contributed by atoms with E-state index in [1.165, 1.54) is 45.0 Å². The highest BCUT2D eigenvalue weighted by Gasteiger charge is 2.28. The standard InChI is InChI=1S/C36H33N3O6S3/c40-46(41,34-19-7-2-8-20-34)37-26-13-14-28-38(47(42,43)35-21-9-3-10-22-35)30-25-33(32-17-5-1-6-18-32)31-39(29-16-15-27-37)48(44,45)36-23-11-4-12-24-36/h1-12,17-25H,26-31H2/b33-25-. The third kappa shape index (κ3) is 8.30. The van der Waals surface area contributed by atoms with Gasteiger partial charge in [0.2, 0.25) is 30.1 Å². The van der Waals surface area contributed by atoms with Gasteiger partial charge in [-0.05, 0) is 47.5 Å². The van der Waals surface area contributed by atoms with Crippen LogP contribution in [0.1, 0.15) is 5.56 Å². The highest BCUT2D eigenvalue weighted by molar-refractivity contribution is 7.89. The predicted molar refractivity (Wildman–Crippen MR) is 186 cm³/mol. The highest BCUT2D eigenvalue weighted by atomic mass is 32.2. The van der Waals surface area contributed by atoms with E-state index in [0.29, 0.717) is 11.1 Å². The third-order valence-electron chi connectivity index (χ3n) is 7.45. The molecule has 1 heterocycles. The van der Waals surface area contributed by atoms with Crippen LogP contribution in [0.4, 0.5) is 0 Å². The van der Waals surface area contributed by atoms with E-state index in [4.69, 9.17) is 0 Å². The minimum Gasteiger partial charge on any atom is -0.207 e. The number of sulfonamides is 3. The van der Waals surface area contributed by atoms with Gasteiger partial charge >= 0.3 is 0 Å². The smallest absolute Gasteiger partial charge is 0.207 e. The Kier molecular flexibility index (Phi) is 11.3. The SMILES string of the molecule is O=S(=O)(c1ccccc1)N1CC#CCN(S(=O)(=O)c2ccccc2)C/C=C(\c2ccccc2)CN(S(=O)(=O)c2ccccc2)CC#CC1. The summed E-state index contributed by atoms with van der Waals surface area (Å²) in [4.78, 5) is 0.172. The summed E-state index contributed by atoms with van der Waals surface area (Å²) in [7, 11) is -12.2. The van der Waals surface area contributed by atoms with Gasteiger partial charge in [-0.2, -0.15) is 12.9 Å². The van der Waals surface area contributed by atoms with E-state index in [9.17, 15) is 25.3 Å². The van der Waals surface area contributed by atoms with Gasteiger partial charge in [0.05, 0.1) is 40.9 Å². The molecule has 0 spiro atoms. The largest absolute Gasteiger partial charge is 0.244 e. The van der Waals surface area contributed by atoms with E-state index in [1.54, 1.807) is 60.7 Å². The molecule has 48 heavy (non-hydrogen) atoms. The zero-order valence-electron chi connectivity index (χ0n) is 25.9. The van der Waals surface area contributed by atoms with Crippen molar-refractivity contribution in [1.82, 2.24) is 12.9 Å². The van der Waals surface area contributed by atoms with Crippen molar-refractivity contribution in [3.05, 3.63) is 133 Å². The zero-order chi connectivity index (χ0) is 34.0. The third-order valence-corrected chi connectivity index (χ3v) is 12.9. The monoisotopic (exact) mass is 699 g/mol. The number of hydrogen-bond acceptors (Lipinski definition) is 6. The Labute approximate surface area is 283 Å². The van der Waals surface area contributed by atoms with Crippen molar-refractivity contribution >= 4 is 35.6 Å². The van der Waals surface area contributed by atoms with Gasteiger partial charge in [0.25, 0.3) is 0 Å². The molecule has 9 nitrogen and oxygen atoms in total. The van der Waals surface area contributed by atoms with E-state index in [-0.39, 0.29) is 54.0 Å². The summed E-state index contributed by atoms with van der Waals surface area (Å²) >= 11 is 0. The van der Waals surface area contributed by atoms with Crippen LogP contribution >= 0.6 is 0 Å². The van der Waals surface area contributed by atoms with Gasteiger partial charge in [-0.15, -0.1) is 0 Å². The lowest BCUT2D eigenvalue weighted by Gasteiger charge is -2.23. The maximum absolute atomic E-state index is 14.0. The lowest BCUT2D eigenvalue weighted by atomic mass is 10.1. The van der Waals surface area contributed by atoms with Gasteiger partial charge in [0, 0.05) is 13.1 Å². The van der Waals surface area contributed by atoms with E-state index >= 15 is 0 Å². The minimum atomic E-state index is -4.08. The molecule has 4 aromatic rings. The zero-order valence-corrected chi connectivity index (χ0v) is 28.3. The van der Waals surface area contributed by atoms with Gasteiger partial charge in [0.1, 0.15) is 0 Å². The number of hydrogen-bond donors (Lipinski definition) is 0. The molecule has 4 aromatic carbocycles. The second-order valence-electron chi connectivity index (χ2n) is 10.6. The summed E-state index contributed by atoms with van der Waals surface area (Å²) < 4.78 is 86.2. The molecule has 0 amide bonds. The van der Waals surface area contributed by atoms with E-state index in [1.807, 2.05) is 30.3 Å². The quantitative estimate of drug-likeness (QED) is 0.268. The molecule has 0 aliphatic carbocycles. The molecule has 0 unspecified atom stereocenters. The second-order valence-corrected chi connectivity index (χ2v) is 16.4. The highest BCUT2D eigenvalue weighted by Crippen LogP contribution is 2.23. The number of rotatable bonds is 7. The lowest BCUT2D eigenvalue weighted by Crippen LogP contribution is -2.34. The maximum atomic E-state index is 14.0. The normalized spacial score (nSPS) is 17.3. The Morgan fingerprint density at radius 2 is 0.750 bits per heavy atom. The van der Waals surface area contributed by atoms with Gasteiger partial charge in [-0.3, -0.25) is 0 Å². The first-order valence-corrected chi connectivity index (χ1v) is 19.2. The van der Waals surface area contributed by atoms with Crippen molar-refractivity contribution in [2.75, 3.05) is 39.3 Å². The summed E-state index contributed by atoms with van der Waals surface area (Å²) in [6, 6.07) is 32.8. The Morgan fingerprint density at radius 1 is 0.417 bits per heavy atom. The second kappa shape index (κ2) is 15.6. The molecule has 12 heteroatoms. The molecule has 246 valence electrons. The molecular formula is C36H33N3O6S3. The van der Waals surface area contributed by atoms with Gasteiger partial charge < -0.3 is 0 Å². The fourth-order valence-corrected chi connectivity index (χ4v) is 8.74. The van der Waals surface area contributed by atoms with Crippen LogP contribution < -0.4 is 0 Å². The van der Waals surface area contributed by atoms with Crippen LogP contribution in [-0.2, 0) is 30.1 Å². The Balaban J connectivity index is 1.62.